The summed E-state index contributed by atoms with van der Waals surface area (Å²) in [5, 5.41) is 6.85. The molecule has 3 aromatic rings. The summed E-state index contributed by atoms with van der Waals surface area (Å²) in [6, 6.07) is 13.4. The zero-order valence-corrected chi connectivity index (χ0v) is 13.6. The Morgan fingerprint density at radius 2 is 2.17 bits per heavy atom. The first-order valence-electron chi connectivity index (χ1n) is 7.53. The molecule has 0 spiro atoms. The van der Waals surface area contributed by atoms with Crippen LogP contribution in [-0.4, -0.2) is 17.1 Å². The molecule has 0 saturated carbocycles. The Morgan fingerprint density at radius 1 is 1.30 bits per heavy atom. The fourth-order valence-electron chi connectivity index (χ4n) is 2.38. The zero-order chi connectivity index (χ0) is 16.1. The van der Waals surface area contributed by atoms with Crippen LogP contribution in [0.3, 0.4) is 0 Å². The number of pyridine rings is 1. The number of benzene rings is 1. The minimum absolute atomic E-state index is 0.214. The van der Waals surface area contributed by atoms with Gasteiger partial charge in [0.2, 0.25) is 0 Å². The molecule has 0 aliphatic heterocycles. The van der Waals surface area contributed by atoms with Crippen LogP contribution in [0.25, 0.3) is 10.9 Å². The lowest BCUT2D eigenvalue weighted by Crippen LogP contribution is -2.18. The van der Waals surface area contributed by atoms with Gasteiger partial charge in [0.25, 0.3) is 5.91 Å². The molecule has 1 N–H and O–H groups in total. The smallest absolute Gasteiger partial charge is 0.267 e. The number of para-hydroxylation sites is 1. The zero-order valence-electron chi connectivity index (χ0n) is 12.8. The molecule has 4 nitrogen and oxygen atoms in total. The van der Waals surface area contributed by atoms with E-state index in [0.717, 1.165) is 34.3 Å². The van der Waals surface area contributed by atoms with Gasteiger partial charge in [-0.3, -0.25) is 9.78 Å². The number of carbonyl (C=O) groups excluding carboxylic acids is 1. The molecule has 116 valence electrons. The van der Waals surface area contributed by atoms with E-state index in [9.17, 15) is 4.79 Å². The number of fused-ring (bicyclic) bond motifs is 1. The Kier molecular flexibility index (Phi) is 4.78. The van der Waals surface area contributed by atoms with Crippen molar-refractivity contribution in [3.05, 3.63) is 64.0 Å². The van der Waals surface area contributed by atoms with Crippen LogP contribution in [0, 0.1) is 0 Å². The van der Waals surface area contributed by atoms with Gasteiger partial charge in [0.05, 0.1) is 17.3 Å². The molecule has 0 fully saturated rings. The third kappa shape index (κ3) is 3.63. The quantitative estimate of drug-likeness (QED) is 0.570. The first-order valence-corrected chi connectivity index (χ1v) is 8.41. The fraction of sp³-hybridized carbons (Fsp3) is 0.167. The molecule has 3 rings (SSSR count). The first kappa shape index (κ1) is 15.4. The molecular weight excluding hydrogens is 306 g/mol. The molecule has 23 heavy (non-hydrogen) atoms. The minimum atomic E-state index is -0.214. The largest absolute Gasteiger partial charge is 0.272 e. The van der Waals surface area contributed by atoms with Gasteiger partial charge in [-0.15, -0.1) is 11.3 Å². The Hall–Kier alpha value is -2.53. The monoisotopic (exact) mass is 323 g/mol. The van der Waals surface area contributed by atoms with Gasteiger partial charge in [-0.25, -0.2) is 5.43 Å². The van der Waals surface area contributed by atoms with E-state index in [2.05, 4.69) is 22.4 Å². The van der Waals surface area contributed by atoms with Crippen LogP contribution in [0.2, 0.25) is 0 Å². The van der Waals surface area contributed by atoms with Crippen LogP contribution in [0.4, 0.5) is 0 Å². The minimum Gasteiger partial charge on any atom is -0.267 e. The number of nitrogens with zero attached hydrogens (tertiary/aromatic N) is 2. The maximum absolute atomic E-state index is 12.5. The van der Waals surface area contributed by atoms with Gasteiger partial charge < -0.3 is 0 Å². The summed E-state index contributed by atoms with van der Waals surface area (Å²) in [5.41, 5.74) is 4.99. The number of aromatic nitrogens is 1. The van der Waals surface area contributed by atoms with Crippen LogP contribution >= 0.6 is 11.3 Å². The summed E-state index contributed by atoms with van der Waals surface area (Å²) in [5.74, 6) is -0.214. The first-order chi connectivity index (χ1) is 11.3. The van der Waals surface area contributed by atoms with Gasteiger partial charge in [0, 0.05) is 16.0 Å². The number of carbonyl (C=O) groups is 1. The van der Waals surface area contributed by atoms with Crippen molar-refractivity contribution >= 4 is 34.4 Å². The van der Waals surface area contributed by atoms with Crippen molar-refractivity contribution in [2.45, 2.75) is 19.8 Å². The fourth-order valence-corrected chi connectivity index (χ4v) is 2.97. The Morgan fingerprint density at radius 3 is 2.96 bits per heavy atom. The summed E-state index contributed by atoms with van der Waals surface area (Å²) in [6.07, 6.45) is 3.49. The van der Waals surface area contributed by atoms with Crippen molar-refractivity contribution in [1.82, 2.24) is 10.4 Å². The number of hydrogen-bond acceptors (Lipinski definition) is 4. The molecule has 2 heterocycles. The van der Waals surface area contributed by atoms with Crippen LogP contribution < -0.4 is 5.43 Å². The predicted octanol–water partition coefficient (Wildman–Crippen LogP) is 4.01. The number of aryl methyl sites for hydroxylation is 1. The summed E-state index contributed by atoms with van der Waals surface area (Å²) in [4.78, 5) is 18.1. The third-order valence-electron chi connectivity index (χ3n) is 3.42. The molecule has 1 amide bonds. The van der Waals surface area contributed by atoms with Crippen LogP contribution in [-0.2, 0) is 6.42 Å². The molecule has 0 bridgehead atoms. The van der Waals surface area contributed by atoms with Crippen molar-refractivity contribution in [2.75, 3.05) is 0 Å². The second-order valence-corrected chi connectivity index (χ2v) is 6.12. The van der Waals surface area contributed by atoms with Gasteiger partial charge in [-0.2, -0.15) is 5.10 Å². The number of nitrogens with one attached hydrogen (secondary N) is 1. The van der Waals surface area contributed by atoms with E-state index in [-0.39, 0.29) is 5.91 Å². The van der Waals surface area contributed by atoms with E-state index >= 15 is 0 Å². The van der Waals surface area contributed by atoms with E-state index < -0.39 is 0 Å². The molecule has 0 aliphatic carbocycles. The molecule has 0 saturated heterocycles. The summed E-state index contributed by atoms with van der Waals surface area (Å²) >= 11 is 1.57. The molecule has 0 radical (unpaired) electrons. The van der Waals surface area contributed by atoms with Gasteiger partial charge in [-0.1, -0.05) is 37.6 Å². The third-order valence-corrected chi connectivity index (χ3v) is 4.23. The average Bonchev–Trinajstić information content (AvgIpc) is 3.07. The highest BCUT2D eigenvalue weighted by Crippen LogP contribution is 2.19. The maximum Gasteiger partial charge on any atom is 0.272 e. The normalized spacial score (nSPS) is 11.2. The summed E-state index contributed by atoms with van der Waals surface area (Å²) < 4.78 is 0. The Labute approximate surface area is 138 Å². The summed E-state index contributed by atoms with van der Waals surface area (Å²) in [7, 11) is 0. The van der Waals surface area contributed by atoms with Crippen LogP contribution in [0.5, 0.6) is 0 Å². The van der Waals surface area contributed by atoms with Gasteiger partial charge in [-0.05, 0) is 30.0 Å². The highest BCUT2D eigenvalue weighted by Gasteiger charge is 2.12. The number of amides is 1. The lowest BCUT2D eigenvalue weighted by atomic mass is 10.1. The highest BCUT2D eigenvalue weighted by molar-refractivity contribution is 7.11. The van der Waals surface area contributed by atoms with E-state index in [0.29, 0.717) is 5.56 Å². The number of hydrazone groups is 1. The lowest BCUT2D eigenvalue weighted by molar-refractivity contribution is 0.0956. The molecule has 5 heteroatoms. The summed E-state index contributed by atoms with van der Waals surface area (Å²) in [6.45, 7) is 2.10. The number of hydrogen-bond donors (Lipinski definition) is 1. The Balaban J connectivity index is 1.89. The SMILES string of the molecule is CCCc1cc(C(=O)N/N=C/c2cccs2)c2ccccc2n1. The highest BCUT2D eigenvalue weighted by atomic mass is 32.1. The van der Waals surface area contributed by atoms with Crippen molar-refractivity contribution < 1.29 is 4.79 Å². The van der Waals surface area contributed by atoms with Crippen molar-refractivity contribution in [3.63, 3.8) is 0 Å². The van der Waals surface area contributed by atoms with Crippen LogP contribution in [0.15, 0.2) is 52.9 Å². The maximum atomic E-state index is 12.5. The molecule has 0 unspecified atom stereocenters. The van der Waals surface area contributed by atoms with E-state index in [1.54, 1.807) is 17.6 Å². The average molecular weight is 323 g/mol. The Bertz CT molecular complexity index is 841. The number of rotatable bonds is 5. The van der Waals surface area contributed by atoms with Gasteiger partial charge in [0.1, 0.15) is 0 Å². The van der Waals surface area contributed by atoms with Crippen molar-refractivity contribution in [2.24, 2.45) is 5.10 Å². The van der Waals surface area contributed by atoms with Crippen molar-refractivity contribution in [1.29, 1.82) is 0 Å². The molecular formula is C18H17N3OS. The molecule has 0 atom stereocenters. The van der Waals surface area contributed by atoms with E-state index in [1.165, 1.54) is 0 Å². The topological polar surface area (TPSA) is 54.4 Å². The lowest BCUT2D eigenvalue weighted by Gasteiger charge is -2.08. The molecule has 2 aromatic heterocycles. The van der Waals surface area contributed by atoms with Gasteiger partial charge >= 0.3 is 0 Å². The molecule has 1 aromatic carbocycles. The van der Waals surface area contributed by atoms with E-state index in [4.69, 9.17) is 0 Å². The second kappa shape index (κ2) is 7.15. The number of thiophene rings is 1. The standard InChI is InChI=1S/C18H17N3OS/c1-2-6-13-11-16(15-8-3-4-9-17(15)20-13)18(22)21-19-12-14-7-5-10-23-14/h3-5,7-12H,2,6H2,1H3,(H,21,22)/b19-12+. The molecule has 0 aliphatic rings. The predicted molar refractivity (Wildman–Crippen MR) is 95.1 cm³/mol. The second-order valence-electron chi connectivity index (χ2n) is 5.14. The van der Waals surface area contributed by atoms with Gasteiger partial charge in [0.15, 0.2) is 0 Å². The van der Waals surface area contributed by atoms with Crippen molar-refractivity contribution in [3.8, 4) is 0 Å². The van der Waals surface area contributed by atoms with E-state index in [1.807, 2.05) is 47.8 Å². The van der Waals surface area contributed by atoms with Crippen LogP contribution in [0.1, 0.15) is 34.3 Å².